The van der Waals surface area contributed by atoms with Gasteiger partial charge in [0.2, 0.25) is 5.91 Å². The lowest BCUT2D eigenvalue weighted by molar-refractivity contribution is -0.169. The van der Waals surface area contributed by atoms with Gasteiger partial charge in [-0.25, -0.2) is 13.9 Å². The van der Waals surface area contributed by atoms with Crippen LogP contribution in [-0.2, 0) is 20.9 Å². The number of carbonyl (C=O) groups is 3. The Morgan fingerprint density at radius 2 is 1.79 bits per heavy atom. The van der Waals surface area contributed by atoms with Gasteiger partial charge in [0, 0.05) is 29.4 Å². The number of ketones is 1. The van der Waals surface area contributed by atoms with Crippen molar-refractivity contribution < 1.29 is 51.3 Å². The maximum absolute atomic E-state index is 14.7. The van der Waals surface area contributed by atoms with Gasteiger partial charge in [0.25, 0.3) is 0 Å². The van der Waals surface area contributed by atoms with Crippen molar-refractivity contribution in [2.45, 2.75) is 44.8 Å². The number of nitrogens with one attached hydrogen (secondary N) is 2. The topological polar surface area (TPSA) is 154 Å². The van der Waals surface area contributed by atoms with Crippen LogP contribution in [0.2, 0.25) is 0 Å². The number of halogens is 4. The number of hydrogen-bond donors (Lipinski definition) is 3. The van der Waals surface area contributed by atoms with E-state index in [4.69, 9.17) is 14.2 Å². The summed E-state index contributed by atoms with van der Waals surface area (Å²) in [6.45, 7) is -0.982. The number of benzene rings is 3. The summed E-state index contributed by atoms with van der Waals surface area (Å²) in [6, 6.07) is 13.4. The molecule has 4 aromatic rings. The van der Waals surface area contributed by atoms with Crippen LogP contribution in [0.25, 0.3) is 16.8 Å². The van der Waals surface area contributed by atoms with Crippen molar-refractivity contribution in [3.63, 3.8) is 0 Å². The summed E-state index contributed by atoms with van der Waals surface area (Å²) in [4.78, 5) is 37.8. The molecule has 3 N–H and O–H groups in total. The molecule has 0 spiro atoms. The largest absolute Gasteiger partial charge is 0.483 e. The highest BCUT2D eigenvalue weighted by atomic mass is 19.4. The number of carbonyl (C=O) groups excluding carboxylic acids is 2. The van der Waals surface area contributed by atoms with Crippen LogP contribution in [0.4, 0.5) is 33.7 Å². The normalized spacial score (nSPS) is 14.7. The highest BCUT2D eigenvalue weighted by Gasteiger charge is 2.30. The zero-order valence-corrected chi connectivity index (χ0v) is 25.1. The number of alkyl halides is 3. The van der Waals surface area contributed by atoms with Crippen molar-refractivity contribution in [3.8, 4) is 22.6 Å². The lowest BCUT2D eigenvalue weighted by Gasteiger charge is -2.22. The number of anilines is 2. The Balaban J connectivity index is 1.35. The summed E-state index contributed by atoms with van der Waals surface area (Å²) in [5.41, 5.74) is 0.205. The molecule has 1 aromatic heterocycles. The average Bonchev–Trinajstić information content (AvgIpc) is 3.53. The minimum Gasteiger partial charge on any atom is -0.483 e. The van der Waals surface area contributed by atoms with Gasteiger partial charge in [-0.3, -0.25) is 14.9 Å². The molecule has 0 aliphatic carbocycles. The molecule has 48 heavy (non-hydrogen) atoms. The maximum Gasteiger partial charge on any atom is 0.422 e. The second kappa shape index (κ2) is 15.0. The fraction of sp³-hybridized carbons (Fsp3) is 0.281. The van der Waals surface area contributed by atoms with Gasteiger partial charge in [0.15, 0.2) is 18.7 Å². The molecule has 0 radical (unpaired) electrons. The van der Waals surface area contributed by atoms with Crippen LogP contribution in [0, 0.1) is 5.82 Å². The monoisotopic (exact) mass is 671 g/mol. The van der Waals surface area contributed by atoms with E-state index < -0.39 is 48.6 Å². The number of nitrogens with zero attached hydrogens (tertiary/aromatic N) is 3. The van der Waals surface area contributed by atoms with E-state index in [0.29, 0.717) is 18.0 Å². The molecule has 12 nitrogen and oxygen atoms in total. The van der Waals surface area contributed by atoms with E-state index in [1.54, 1.807) is 12.1 Å². The van der Waals surface area contributed by atoms with Crippen LogP contribution in [0.15, 0.2) is 66.9 Å². The minimum absolute atomic E-state index is 0.146. The highest BCUT2D eigenvalue weighted by Crippen LogP contribution is 2.40. The molecule has 5 rings (SSSR count). The molecule has 0 bridgehead atoms. The first-order chi connectivity index (χ1) is 23.0. The molecule has 252 valence electrons. The van der Waals surface area contributed by atoms with Crippen LogP contribution < -0.4 is 15.4 Å². The summed E-state index contributed by atoms with van der Waals surface area (Å²) in [5.74, 6) is -2.82. The summed E-state index contributed by atoms with van der Waals surface area (Å²) in [7, 11) is 0. The second-order valence-corrected chi connectivity index (χ2v) is 10.7. The first-order valence-electron chi connectivity index (χ1n) is 14.7. The molecule has 16 heteroatoms. The van der Waals surface area contributed by atoms with Crippen LogP contribution in [-0.4, -0.2) is 63.6 Å². The molecule has 1 fully saturated rings. The SMILES string of the molecule is O=C(O)Nc1cc(OCC(F)(F)F)c(-c2ccccc2F)cc1NC(=O)CC(=O)c1cccc(-n2nncc2COC2CCCCO2)c1. The first-order valence-corrected chi connectivity index (χ1v) is 14.7. The Morgan fingerprint density at radius 1 is 1.00 bits per heavy atom. The molecule has 1 saturated heterocycles. The van der Waals surface area contributed by atoms with E-state index in [1.165, 1.54) is 41.2 Å². The Bertz CT molecular complexity index is 1790. The van der Waals surface area contributed by atoms with Crippen molar-refractivity contribution >= 4 is 29.2 Å². The molecule has 3 aromatic carbocycles. The minimum atomic E-state index is -4.76. The summed E-state index contributed by atoms with van der Waals surface area (Å²) >= 11 is 0. The van der Waals surface area contributed by atoms with Crippen LogP contribution in [0.1, 0.15) is 41.7 Å². The molecule has 1 unspecified atom stereocenters. The van der Waals surface area contributed by atoms with E-state index in [0.717, 1.165) is 37.5 Å². The predicted octanol–water partition coefficient (Wildman–Crippen LogP) is 6.36. The van der Waals surface area contributed by atoms with Crippen molar-refractivity contribution in [2.75, 3.05) is 23.8 Å². The van der Waals surface area contributed by atoms with Crippen LogP contribution in [0.5, 0.6) is 5.75 Å². The van der Waals surface area contributed by atoms with Gasteiger partial charge < -0.3 is 24.6 Å². The molecule has 0 saturated carbocycles. The van der Waals surface area contributed by atoms with Crippen molar-refractivity contribution in [1.29, 1.82) is 0 Å². The maximum atomic E-state index is 14.7. The predicted molar refractivity (Wildman–Crippen MR) is 162 cm³/mol. The smallest absolute Gasteiger partial charge is 0.422 e. The fourth-order valence-corrected chi connectivity index (χ4v) is 4.92. The van der Waals surface area contributed by atoms with Crippen molar-refractivity contribution in [2.24, 2.45) is 0 Å². The van der Waals surface area contributed by atoms with E-state index in [-0.39, 0.29) is 41.0 Å². The summed E-state index contributed by atoms with van der Waals surface area (Å²) in [6.07, 6.45) is -3.17. The third kappa shape index (κ3) is 8.92. The second-order valence-electron chi connectivity index (χ2n) is 10.7. The molecule has 2 amide bonds. The molecular formula is C32H29F4N5O7. The lowest BCUT2D eigenvalue weighted by atomic mass is 10.0. The van der Waals surface area contributed by atoms with Gasteiger partial charge in [-0.2, -0.15) is 13.2 Å². The van der Waals surface area contributed by atoms with Crippen LogP contribution in [0.3, 0.4) is 0 Å². The lowest BCUT2D eigenvalue weighted by Crippen LogP contribution is -2.22. The standard InChI is InChI=1S/C32H29F4N5O7/c33-24-9-2-1-8-22(24)23-13-25(26(39-31(44)45)14-28(23)48-18-32(34,35)36)38-29(43)15-27(42)19-6-5-7-20(12-19)41-21(16-37-40-41)17-47-30-10-3-4-11-46-30/h1-2,5-9,12-14,16,30,39H,3-4,10-11,15,17-18H2,(H,38,43)(H,44,45). The molecule has 2 heterocycles. The summed E-state index contributed by atoms with van der Waals surface area (Å²) in [5, 5.41) is 21.7. The zero-order chi connectivity index (χ0) is 34.3. The molecule has 1 aliphatic heterocycles. The molecule has 1 aliphatic rings. The van der Waals surface area contributed by atoms with Gasteiger partial charge in [-0.1, -0.05) is 35.5 Å². The highest BCUT2D eigenvalue weighted by molar-refractivity contribution is 6.12. The van der Waals surface area contributed by atoms with Gasteiger partial charge in [0.1, 0.15) is 11.6 Å². The Kier molecular flexibility index (Phi) is 10.7. The molecule has 1 atom stereocenters. The first kappa shape index (κ1) is 34.0. The number of amides is 2. The number of hydrogen-bond acceptors (Lipinski definition) is 8. The Labute approximate surface area is 270 Å². The molecular weight excluding hydrogens is 642 g/mol. The van der Waals surface area contributed by atoms with E-state index in [1.807, 2.05) is 5.32 Å². The van der Waals surface area contributed by atoms with Crippen LogP contribution >= 0.6 is 0 Å². The van der Waals surface area contributed by atoms with Crippen molar-refractivity contribution in [3.05, 3.63) is 83.9 Å². The Hall–Kier alpha value is -5.35. The van der Waals surface area contributed by atoms with Gasteiger partial charge in [0.05, 0.1) is 42.0 Å². The van der Waals surface area contributed by atoms with Gasteiger partial charge in [-0.05, 0) is 43.5 Å². The quantitative estimate of drug-likeness (QED) is 0.0887. The van der Waals surface area contributed by atoms with Crippen molar-refractivity contribution in [1.82, 2.24) is 15.0 Å². The third-order valence-electron chi connectivity index (χ3n) is 7.10. The number of Topliss-reactive ketones (excluding diaryl/α,β-unsaturated/α-hetero) is 1. The number of carboxylic acid groups (broad SMARTS) is 1. The fourth-order valence-electron chi connectivity index (χ4n) is 4.92. The zero-order valence-electron chi connectivity index (χ0n) is 25.1. The van der Waals surface area contributed by atoms with E-state index in [2.05, 4.69) is 15.6 Å². The average molecular weight is 672 g/mol. The third-order valence-corrected chi connectivity index (χ3v) is 7.10. The van der Waals surface area contributed by atoms with Gasteiger partial charge >= 0.3 is 12.3 Å². The van der Waals surface area contributed by atoms with E-state index >= 15 is 0 Å². The summed E-state index contributed by atoms with van der Waals surface area (Å²) < 4.78 is 71.5. The Morgan fingerprint density at radius 3 is 2.52 bits per heavy atom. The number of rotatable bonds is 12. The van der Waals surface area contributed by atoms with Gasteiger partial charge in [-0.15, -0.1) is 5.10 Å². The number of ether oxygens (including phenoxy) is 3. The van der Waals surface area contributed by atoms with E-state index in [9.17, 15) is 37.1 Å². The number of aromatic nitrogens is 3.